The van der Waals surface area contributed by atoms with E-state index in [0.717, 1.165) is 11.3 Å². The molecule has 2 saturated heterocycles. The van der Waals surface area contributed by atoms with Crippen LogP contribution in [0.3, 0.4) is 0 Å². The van der Waals surface area contributed by atoms with Gasteiger partial charge in [0.2, 0.25) is 17.7 Å². The summed E-state index contributed by atoms with van der Waals surface area (Å²) in [5.74, 6) is -1.62. The zero-order chi connectivity index (χ0) is 22.4. The van der Waals surface area contributed by atoms with E-state index in [9.17, 15) is 14.4 Å². The second kappa shape index (κ2) is 7.53. The predicted molar refractivity (Wildman–Crippen MR) is 113 cm³/mol. The maximum Gasteiger partial charge on any atom is 0.246 e. The normalized spacial score (nSPS) is 32.7. The molecule has 3 aliphatic heterocycles. The number of methoxy groups -OCH3 is 1. The molecule has 164 valence electrons. The number of hydrogen-bond acceptors (Lipinski definition) is 5. The fourth-order valence-electron chi connectivity index (χ4n) is 5.15. The van der Waals surface area contributed by atoms with E-state index in [4.69, 9.17) is 9.47 Å². The van der Waals surface area contributed by atoms with Crippen molar-refractivity contribution in [3.05, 3.63) is 54.6 Å². The van der Waals surface area contributed by atoms with Crippen LogP contribution in [-0.2, 0) is 25.7 Å². The summed E-state index contributed by atoms with van der Waals surface area (Å²) in [7, 11) is 3.13. The maximum absolute atomic E-state index is 13.4. The maximum atomic E-state index is 13.4. The molecule has 31 heavy (non-hydrogen) atoms. The predicted octanol–water partition coefficient (Wildman–Crippen LogP) is 0.784. The van der Waals surface area contributed by atoms with Crippen molar-refractivity contribution in [2.45, 2.75) is 30.7 Å². The summed E-state index contributed by atoms with van der Waals surface area (Å²) in [6, 6.07) is 6.47. The van der Waals surface area contributed by atoms with Gasteiger partial charge in [0.15, 0.2) is 0 Å². The van der Waals surface area contributed by atoms with Gasteiger partial charge in [0.25, 0.3) is 0 Å². The molecular weight excluding hydrogens is 398 g/mol. The smallest absolute Gasteiger partial charge is 0.246 e. The molecule has 0 saturated carbocycles. The Morgan fingerprint density at radius 2 is 1.97 bits per heavy atom. The largest absolute Gasteiger partial charge is 0.497 e. The quantitative estimate of drug-likeness (QED) is 0.630. The molecule has 1 spiro atoms. The number of nitrogens with zero attached hydrogens (tertiary/aromatic N) is 1. The van der Waals surface area contributed by atoms with Gasteiger partial charge in [0, 0.05) is 20.1 Å². The van der Waals surface area contributed by atoms with Crippen LogP contribution in [0, 0.1) is 11.8 Å². The number of benzene rings is 1. The number of carbonyl (C=O) groups is 3. The number of amides is 3. The Morgan fingerprint density at radius 1 is 1.26 bits per heavy atom. The summed E-state index contributed by atoms with van der Waals surface area (Å²) in [6.07, 6.45) is 5.17. The van der Waals surface area contributed by atoms with E-state index in [1.165, 1.54) is 11.9 Å². The van der Waals surface area contributed by atoms with E-state index in [1.54, 1.807) is 32.3 Å². The molecule has 2 N–H and O–H groups in total. The molecule has 1 aromatic carbocycles. The minimum Gasteiger partial charge on any atom is -0.497 e. The summed E-state index contributed by atoms with van der Waals surface area (Å²) < 4.78 is 11.5. The highest BCUT2D eigenvalue weighted by Crippen LogP contribution is 2.59. The summed E-state index contributed by atoms with van der Waals surface area (Å²) in [6.45, 7) is 5.98. The molecule has 1 aromatic rings. The average molecular weight is 425 g/mol. The molecule has 0 aliphatic carbocycles. The molecule has 5 atom stereocenters. The van der Waals surface area contributed by atoms with Gasteiger partial charge in [-0.05, 0) is 24.6 Å². The zero-order valence-corrected chi connectivity index (χ0v) is 17.9. The molecule has 3 aliphatic rings. The van der Waals surface area contributed by atoms with Gasteiger partial charge >= 0.3 is 0 Å². The van der Waals surface area contributed by atoms with Crippen LogP contribution >= 0.6 is 0 Å². The second-order valence-corrected chi connectivity index (χ2v) is 8.29. The number of likely N-dealkylation sites (tertiary alicyclic amines) is 1. The Hall–Kier alpha value is -3.13. The molecule has 3 amide bonds. The Balaban J connectivity index is 1.63. The van der Waals surface area contributed by atoms with Gasteiger partial charge in [-0.1, -0.05) is 30.4 Å². The summed E-state index contributed by atoms with van der Waals surface area (Å²) in [5.41, 5.74) is -1.23. The lowest BCUT2D eigenvalue weighted by molar-refractivity contribution is -0.144. The first-order valence-electron chi connectivity index (χ1n) is 10.3. The van der Waals surface area contributed by atoms with Crippen LogP contribution in [0.25, 0.3) is 0 Å². The number of nitrogens with one attached hydrogen (secondary N) is 2. The zero-order valence-electron chi connectivity index (χ0n) is 17.9. The van der Waals surface area contributed by atoms with Gasteiger partial charge in [-0.15, -0.1) is 6.58 Å². The number of ether oxygens (including phenoxy) is 2. The third kappa shape index (κ3) is 3.05. The van der Waals surface area contributed by atoms with E-state index in [1.807, 2.05) is 24.3 Å². The van der Waals surface area contributed by atoms with Crippen LogP contribution in [0.1, 0.15) is 12.5 Å². The SMILES string of the molecule is C=CCN1C(=O)[C@@H]2[C@H](C(=O)NC)[C@@]3(C)C=C[C@@]2(O3)[C@H]1C(=O)NCc1ccc(OC)cc1. The van der Waals surface area contributed by atoms with Gasteiger partial charge in [-0.3, -0.25) is 14.4 Å². The van der Waals surface area contributed by atoms with Crippen LogP contribution in [0.5, 0.6) is 5.75 Å². The Labute approximate surface area is 181 Å². The van der Waals surface area contributed by atoms with Gasteiger partial charge in [0.05, 0.1) is 24.5 Å². The molecule has 0 aromatic heterocycles. The molecule has 2 bridgehead atoms. The van der Waals surface area contributed by atoms with Gasteiger partial charge in [-0.25, -0.2) is 0 Å². The van der Waals surface area contributed by atoms with Crippen LogP contribution in [-0.4, -0.2) is 60.6 Å². The fourth-order valence-corrected chi connectivity index (χ4v) is 5.15. The number of fused-ring (bicyclic) bond motifs is 1. The summed E-state index contributed by atoms with van der Waals surface area (Å²) >= 11 is 0. The second-order valence-electron chi connectivity index (χ2n) is 8.29. The molecule has 3 heterocycles. The number of rotatable bonds is 7. The molecule has 4 rings (SSSR count). The Kier molecular flexibility index (Phi) is 5.13. The van der Waals surface area contributed by atoms with Crippen molar-refractivity contribution >= 4 is 17.7 Å². The molecule has 2 fully saturated rings. The van der Waals surface area contributed by atoms with Crippen LogP contribution < -0.4 is 15.4 Å². The first-order chi connectivity index (χ1) is 14.8. The van der Waals surface area contributed by atoms with E-state index < -0.39 is 29.1 Å². The first kappa shape index (κ1) is 21.1. The fraction of sp³-hybridized carbons (Fsp3) is 0.435. The minimum absolute atomic E-state index is 0.187. The molecule has 8 heteroatoms. The summed E-state index contributed by atoms with van der Waals surface area (Å²) in [5, 5.41) is 5.56. The van der Waals surface area contributed by atoms with Crippen molar-refractivity contribution in [2.24, 2.45) is 11.8 Å². The molecule has 0 unspecified atom stereocenters. The van der Waals surface area contributed by atoms with Crippen molar-refractivity contribution in [3.63, 3.8) is 0 Å². The van der Waals surface area contributed by atoms with Crippen LogP contribution in [0.4, 0.5) is 0 Å². The lowest BCUT2D eigenvalue weighted by Crippen LogP contribution is -2.54. The topological polar surface area (TPSA) is 97.0 Å². The van der Waals surface area contributed by atoms with Gasteiger partial charge < -0.3 is 25.0 Å². The molecular formula is C23H27N3O5. The highest BCUT2D eigenvalue weighted by Gasteiger charge is 2.75. The average Bonchev–Trinajstić information content (AvgIpc) is 3.33. The third-order valence-corrected chi connectivity index (χ3v) is 6.53. The van der Waals surface area contributed by atoms with Crippen molar-refractivity contribution in [2.75, 3.05) is 20.7 Å². The highest BCUT2D eigenvalue weighted by molar-refractivity contribution is 6.00. The standard InChI is InChI=1S/C23H27N3O5/c1-5-12-26-18(20(28)25-13-14-6-8-15(30-4)9-7-14)23-11-10-22(2,31-23)16(19(27)24-3)17(23)21(26)29/h5-11,16-18H,1,12-13H2,2-4H3,(H,24,27)(H,25,28)/t16-,17+,18-,22-,23+/m1/s1. The molecule has 0 radical (unpaired) electrons. The van der Waals surface area contributed by atoms with E-state index >= 15 is 0 Å². The molecule has 8 nitrogen and oxygen atoms in total. The number of carbonyl (C=O) groups excluding carboxylic acids is 3. The van der Waals surface area contributed by atoms with Crippen molar-refractivity contribution in [1.82, 2.24) is 15.5 Å². The third-order valence-electron chi connectivity index (χ3n) is 6.53. The number of hydrogen-bond donors (Lipinski definition) is 2. The first-order valence-corrected chi connectivity index (χ1v) is 10.3. The van der Waals surface area contributed by atoms with Gasteiger partial charge in [-0.2, -0.15) is 0 Å². The van der Waals surface area contributed by atoms with Crippen LogP contribution in [0.15, 0.2) is 49.1 Å². The summed E-state index contributed by atoms with van der Waals surface area (Å²) in [4.78, 5) is 40.9. The monoisotopic (exact) mass is 425 g/mol. The Bertz CT molecular complexity index is 958. The van der Waals surface area contributed by atoms with E-state index in [0.29, 0.717) is 0 Å². The lowest BCUT2D eigenvalue weighted by atomic mass is 9.70. The van der Waals surface area contributed by atoms with Crippen LogP contribution in [0.2, 0.25) is 0 Å². The van der Waals surface area contributed by atoms with Crippen molar-refractivity contribution in [1.29, 1.82) is 0 Å². The van der Waals surface area contributed by atoms with Gasteiger partial charge in [0.1, 0.15) is 17.4 Å². The highest BCUT2D eigenvalue weighted by atomic mass is 16.5. The van der Waals surface area contributed by atoms with E-state index in [2.05, 4.69) is 17.2 Å². The van der Waals surface area contributed by atoms with Crippen molar-refractivity contribution < 1.29 is 23.9 Å². The lowest BCUT2D eigenvalue weighted by Gasteiger charge is -2.32. The minimum atomic E-state index is -1.18. The Morgan fingerprint density at radius 3 is 2.58 bits per heavy atom. The van der Waals surface area contributed by atoms with E-state index in [-0.39, 0.29) is 30.8 Å². The van der Waals surface area contributed by atoms with Crippen molar-refractivity contribution in [3.8, 4) is 5.75 Å².